The van der Waals surface area contributed by atoms with Crippen LogP contribution in [0.3, 0.4) is 0 Å². The van der Waals surface area contributed by atoms with Gasteiger partial charge in [-0.2, -0.15) is 4.68 Å². The maximum atomic E-state index is 3.93. The first-order valence-electron chi connectivity index (χ1n) is 5.70. The van der Waals surface area contributed by atoms with Crippen LogP contribution in [0.2, 0.25) is 0 Å². The number of aromatic nitrogens is 4. The Balaban J connectivity index is 1.69. The standard InChI is InChI=1S/C11H14N6/c1-9-2-4-10(5-3-9)6-16-7-12-11-13-14-15-17(11)8-16/h2-5H,6-8H2,1H3,(H,12,13,15)/p+1. The Hall–Kier alpha value is -1.95. The molecule has 3 rings (SSSR count). The number of nitrogens with zero attached hydrogens (tertiary/aromatic N) is 4. The summed E-state index contributed by atoms with van der Waals surface area (Å²) in [7, 11) is 0. The zero-order valence-electron chi connectivity index (χ0n) is 9.72. The predicted octanol–water partition coefficient (Wildman–Crippen LogP) is -0.593. The van der Waals surface area contributed by atoms with Crippen LogP contribution in [0.25, 0.3) is 0 Å². The number of quaternary nitrogens is 1. The van der Waals surface area contributed by atoms with Gasteiger partial charge in [-0.1, -0.05) is 34.9 Å². The van der Waals surface area contributed by atoms with E-state index in [1.54, 1.807) is 4.68 Å². The Morgan fingerprint density at radius 1 is 1.35 bits per heavy atom. The number of rotatable bonds is 2. The number of anilines is 1. The summed E-state index contributed by atoms with van der Waals surface area (Å²) in [5, 5.41) is 14.7. The highest BCUT2D eigenvalue weighted by Gasteiger charge is 2.20. The maximum absolute atomic E-state index is 3.93. The molecule has 1 aromatic heterocycles. The molecular formula is C11H15N6+. The second-order valence-corrected chi connectivity index (χ2v) is 4.43. The molecule has 1 aliphatic rings. The van der Waals surface area contributed by atoms with E-state index in [1.165, 1.54) is 16.0 Å². The van der Waals surface area contributed by atoms with Crippen LogP contribution in [0.1, 0.15) is 11.1 Å². The summed E-state index contributed by atoms with van der Waals surface area (Å²) in [6, 6.07) is 8.65. The lowest BCUT2D eigenvalue weighted by Crippen LogP contribution is -3.12. The second kappa shape index (κ2) is 4.14. The van der Waals surface area contributed by atoms with Gasteiger partial charge in [0.2, 0.25) is 0 Å². The normalized spacial score (nSPS) is 18.5. The van der Waals surface area contributed by atoms with Crippen LogP contribution in [0.15, 0.2) is 24.3 Å². The highest BCUT2D eigenvalue weighted by atomic mass is 15.6. The summed E-state index contributed by atoms with van der Waals surface area (Å²) in [4.78, 5) is 1.40. The van der Waals surface area contributed by atoms with Crippen molar-refractivity contribution in [2.24, 2.45) is 0 Å². The molecule has 0 fully saturated rings. The van der Waals surface area contributed by atoms with Gasteiger partial charge in [0.25, 0.3) is 5.95 Å². The maximum Gasteiger partial charge on any atom is 0.251 e. The number of hydrogen-bond donors (Lipinski definition) is 2. The van der Waals surface area contributed by atoms with Crippen molar-refractivity contribution in [1.82, 2.24) is 20.2 Å². The molecule has 6 nitrogen and oxygen atoms in total. The lowest BCUT2D eigenvalue weighted by atomic mass is 10.1. The molecule has 0 aliphatic carbocycles. The zero-order chi connectivity index (χ0) is 11.7. The number of hydrogen-bond acceptors (Lipinski definition) is 4. The van der Waals surface area contributed by atoms with E-state index in [4.69, 9.17) is 0 Å². The highest BCUT2D eigenvalue weighted by Crippen LogP contribution is 2.03. The minimum absolute atomic E-state index is 0.762. The first kappa shape index (κ1) is 10.2. The molecule has 1 unspecified atom stereocenters. The third kappa shape index (κ3) is 2.12. The second-order valence-electron chi connectivity index (χ2n) is 4.43. The van der Waals surface area contributed by atoms with Gasteiger partial charge in [0.05, 0.1) is 0 Å². The predicted molar refractivity (Wildman–Crippen MR) is 62.2 cm³/mol. The number of tetrazole rings is 1. The van der Waals surface area contributed by atoms with Gasteiger partial charge in [-0.3, -0.25) is 4.90 Å². The van der Waals surface area contributed by atoms with Crippen molar-refractivity contribution in [1.29, 1.82) is 0 Å². The smallest absolute Gasteiger partial charge is 0.251 e. The van der Waals surface area contributed by atoms with Crippen molar-refractivity contribution in [3.8, 4) is 0 Å². The van der Waals surface area contributed by atoms with E-state index < -0.39 is 0 Å². The summed E-state index contributed by atoms with van der Waals surface area (Å²) < 4.78 is 1.80. The van der Waals surface area contributed by atoms with Crippen LogP contribution in [-0.4, -0.2) is 26.9 Å². The summed E-state index contributed by atoms with van der Waals surface area (Å²) in [5.41, 5.74) is 2.63. The lowest BCUT2D eigenvalue weighted by Gasteiger charge is -2.24. The van der Waals surface area contributed by atoms with Crippen molar-refractivity contribution < 1.29 is 4.90 Å². The Kier molecular flexibility index (Phi) is 2.49. The Morgan fingerprint density at radius 2 is 2.18 bits per heavy atom. The van der Waals surface area contributed by atoms with Crippen LogP contribution >= 0.6 is 0 Å². The van der Waals surface area contributed by atoms with Crippen LogP contribution in [-0.2, 0) is 13.2 Å². The average Bonchev–Trinajstić information content (AvgIpc) is 2.79. The van der Waals surface area contributed by atoms with Crippen LogP contribution in [0.4, 0.5) is 5.95 Å². The zero-order valence-corrected chi connectivity index (χ0v) is 9.72. The first-order chi connectivity index (χ1) is 8.31. The van der Waals surface area contributed by atoms with Crippen molar-refractivity contribution in [3.63, 3.8) is 0 Å². The number of fused-ring (bicyclic) bond motifs is 1. The molecular weight excluding hydrogens is 216 g/mol. The molecule has 2 heterocycles. The summed E-state index contributed by atoms with van der Waals surface area (Å²) in [5.74, 6) is 0.762. The van der Waals surface area contributed by atoms with Crippen molar-refractivity contribution in [2.75, 3.05) is 12.0 Å². The summed E-state index contributed by atoms with van der Waals surface area (Å²) >= 11 is 0. The third-order valence-electron chi connectivity index (χ3n) is 2.98. The molecule has 2 N–H and O–H groups in total. The topological polar surface area (TPSA) is 60.1 Å². The van der Waals surface area contributed by atoms with Crippen molar-refractivity contribution in [3.05, 3.63) is 35.4 Å². The molecule has 1 aliphatic heterocycles. The van der Waals surface area contributed by atoms with Crippen molar-refractivity contribution >= 4 is 5.95 Å². The van der Waals surface area contributed by atoms with Gasteiger partial charge in [-0.25, -0.2) is 0 Å². The van der Waals surface area contributed by atoms with Gasteiger partial charge < -0.3 is 5.32 Å². The molecule has 0 saturated heterocycles. The Morgan fingerprint density at radius 3 is 3.00 bits per heavy atom. The van der Waals surface area contributed by atoms with E-state index in [1.807, 2.05) is 0 Å². The lowest BCUT2D eigenvalue weighted by molar-refractivity contribution is -0.936. The fraction of sp³-hybridized carbons (Fsp3) is 0.364. The SMILES string of the molecule is Cc1ccc(C[NH+]2CNc3nnnn3C2)cc1. The van der Waals surface area contributed by atoms with Crippen LogP contribution in [0.5, 0.6) is 0 Å². The van der Waals surface area contributed by atoms with Gasteiger partial charge >= 0.3 is 0 Å². The molecule has 0 saturated carbocycles. The number of benzene rings is 1. The summed E-state index contributed by atoms with van der Waals surface area (Å²) in [6.07, 6.45) is 0. The molecule has 0 bridgehead atoms. The van der Waals surface area contributed by atoms with E-state index in [0.717, 1.165) is 25.8 Å². The largest absolute Gasteiger partial charge is 0.306 e. The Labute approximate surface area is 99.2 Å². The minimum Gasteiger partial charge on any atom is -0.306 e. The van der Waals surface area contributed by atoms with Crippen LogP contribution < -0.4 is 10.2 Å². The Bertz CT molecular complexity index is 503. The number of aryl methyl sites for hydroxylation is 1. The number of nitrogens with one attached hydrogen (secondary N) is 2. The quantitative estimate of drug-likeness (QED) is 0.725. The van der Waals surface area contributed by atoms with Crippen LogP contribution in [0, 0.1) is 6.92 Å². The molecule has 17 heavy (non-hydrogen) atoms. The van der Waals surface area contributed by atoms with Gasteiger partial charge in [0, 0.05) is 5.56 Å². The molecule has 0 spiro atoms. The highest BCUT2D eigenvalue weighted by molar-refractivity contribution is 5.22. The molecule has 0 amide bonds. The first-order valence-corrected chi connectivity index (χ1v) is 5.70. The molecule has 88 valence electrons. The van der Waals surface area contributed by atoms with Gasteiger partial charge in [-0.05, 0) is 17.4 Å². The van der Waals surface area contributed by atoms with E-state index in [0.29, 0.717) is 0 Å². The van der Waals surface area contributed by atoms with Gasteiger partial charge in [0.1, 0.15) is 6.54 Å². The fourth-order valence-electron chi connectivity index (χ4n) is 2.02. The molecule has 1 aromatic carbocycles. The monoisotopic (exact) mass is 231 g/mol. The van der Waals surface area contributed by atoms with E-state index in [9.17, 15) is 0 Å². The third-order valence-corrected chi connectivity index (χ3v) is 2.98. The molecule has 2 aromatic rings. The molecule has 6 heteroatoms. The van der Waals surface area contributed by atoms with Gasteiger partial charge in [-0.15, -0.1) is 0 Å². The van der Waals surface area contributed by atoms with Crippen molar-refractivity contribution in [2.45, 2.75) is 20.1 Å². The fourth-order valence-corrected chi connectivity index (χ4v) is 2.02. The van der Waals surface area contributed by atoms with E-state index >= 15 is 0 Å². The minimum atomic E-state index is 0.762. The summed E-state index contributed by atoms with van der Waals surface area (Å²) in [6.45, 7) is 4.75. The van der Waals surface area contributed by atoms with Gasteiger partial charge in [0.15, 0.2) is 13.3 Å². The van der Waals surface area contributed by atoms with E-state index in [2.05, 4.69) is 52.0 Å². The molecule has 0 radical (unpaired) electrons. The van der Waals surface area contributed by atoms with E-state index in [-0.39, 0.29) is 0 Å². The average molecular weight is 231 g/mol. The molecule has 1 atom stereocenters.